The number of carboxylic acids is 1. The summed E-state index contributed by atoms with van der Waals surface area (Å²) >= 11 is 1.70. The molecule has 0 aromatic carbocycles. The van der Waals surface area contributed by atoms with E-state index in [1.165, 1.54) is 4.88 Å². The lowest BCUT2D eigenvalue weighted by atomic mass is 10.2. The zero-order valence-corrected chi connectivity index (χ0v) is 13.5. The number of carboxylic acid groups (broad SMARTS) is 1. The summed E-state index contributed by atoms with van der Waals surface area (Å²) in [6.45, 7) is 7.02. The summed E-state index contributed by atoms with van der Waals surface area (Å²) in [5.74, 6) is 0.159. The molecule has 2 heterocycles. The van der Waals surface area contributed by atoms with Crippen LogP contribution in [0.3, 0.4) is 0 Å². The van der Waals surface area contributed by atoms with E-state index in [-0.39, 0.29) is 12.5 Å². The molecule has 0 atom stereocenters. The number of aliphatic carboxylic acids is 1. The number of nitrogens with zero attached hydrogens (tertiary/aromatic N) is 3. The summed E-state index contributed by atoms with van der Waals surface area (Å²) in [6.07, 6.45) is 3.38. The summed E-state index contributed by atoms with van der Waals surface area (Å²) in [7, 11) is 0. The second-order valence-electron chi connectivity index (χ2n) is 5.27. The maximum absolute atomic E-state index is 10.7. The topological polar surface area (TPSA) is 66.3 Å². The Labute approximate surface area is 128 Å². The van der Waals surface area contributed by atoms with Crippen molar-refractivity contribution in [1.82, 2.24) is 9.97 Å². The molecule has 0 fully saturated rings. The zero-order chi connectivity index (χ0) is 15.4. The van der Waals surface area contributed by atoms with Gasteiger partial charge in [-0.05, 0) is 32.8 Å². The molecule has 2 aromatic heterocycles. The number of aromatic nitrogens is 2. The van der Waals surface area contributed by atoms with E-state index < -0.39 is 5.97 Å². The predicted molar refractivity (Wildman–Crippen MR) is 86.1 cm³/mol. The van der Waals surface area contributed by atoms with Crippen LogP contribution in [-0.4, -0.2) is 33.6 Å². The molecule has 0 bridgehead atoms. The number of hydrogen-bond acceptors (Lipinski definition) is 5. The van der Waals surface area contributed by atoms with Gasteiger partial charge >= 0.3 is 5.97 Å². The lowest BCUT2D eigenvalue weighted by Crippen LogP contribution is -2.33. The van der Waals surface area contributed by atoms with Crippen molar-refractivity contribution in [3.05, 3.63) is 17.3 Å². The Morgan fingerprint density at radius 2 is 2.19 bits per heavy atom. The van der Waals surface area contributed by atoms with Crippen LogP contribution in [0.5, 0.6) is 0 Å². The van der Waals surface area contributed by atoms with Crippen molar-refractivity contribution >= 4 is 33.3 Å². The van der Waals surface area contributed by atoms with E-state index in [4.69, 9.17) is 5.11 Å². The monoisotopic (exact) mass is 307 g/mol. The molecule has 0 aliphatic heterocycles. The highest BCUT2D eigenvalue weighted by Gasteiger charge is 2.17. The van der Waals surface area contributed by atoms with Crippen molar-refractivity contribution in [2.45, 2.75) is 46.1 Å². The maximum Gasteiger partial charge on any atom is 0.303 e. The van der Waals surface area contributed by atoms with Gasteiger partial charge in [-0.15, -0.1) is 11.3 Å². The van der Waals surface area contributed by atoms with Gasteiger partial charge in [0, 0.05) is 23.9 Å². The molecule has 6 heteroatoms. The molecule has 0 aliphatic carbocycles. The van der Waals surface area contributed by atoms with Crippen LogP contribution in [0, 0.1) is 0 Å². The fourth-order valence-corrected chi connectivity index (χ4v) is 3.23. The third kappa shape index (κ3) is 3.69. The van der Waals surface area contributed by atoms with E-state index >= 15 is 0 Å². The number of thiophene rings is 1. The lowest BCUT2D eigenvalue weighted by Gasteiger charge is -2.28. The highest BCUT2D eigenvalue weighted by atomic mass is 32.1. The van der Waals surface area contributed by atoms with Crippen molar-refractivity contribution in [2.24, 2.45) is 0 Å². The Morgan fingerprint density at radius 3 is 2.81 bits per heavy atom. The molecule has 0 amide bonds. The van der Waals surface area contributed by atoms with Crippen LogP contribution in [0.2, 0.25) is 0 Å². The number of fused-ring (bicyclic) bond motifs is 1. The molecule has 0 radical (unpaired) electrons. The van der Waals surface area contributed by atoms with E-state index in [9.17, 15) is 4.79 Å². The van der Waals surface area contributed by atoms with Crippen LogP contribution in [0.25, 0.3) is 10.2 Å². The highest BCUT2D eigenvalue weighted by Crippen LogP contribution is 2.31. The third-order valence-electron chi connectivity index (χ3n) is 3.39. The Bertz CT molecular complexity index is 624. The molecule has 2 aromatic rings. The van der Waals surface area contributed by atoms with Crippen molar-refractivity contribution in [1.29, 1.82) is 0 Å². The first kappa shape index (κ1) is 15.7. The van der Waals surface area contributed by atoms with Crippen molar-refractivity contribution in [2.75, 3.05) is 11.4 Å². The first-order valence-corrected chi connectivity index (χ1v) is 8.06. The fraction of sp³-hybridized carbons (Fsp3) is 0.533. The number of anilines is 1. The van der Waals surface area contributed by atoms with E-state index in [2.05, 4.69) is 41.7 Å². The fourth-order valence-electron chi connectivity index (χ4n) is 2.31. The summed E-state index contributed by atoms with van der Waals surface area (Å²) in [5, 5.41) is 9.87. The van der Waals surface area contributed by atoms with Gasteiger partial charge < -0.3 is 10.0 Å². The summed E-state index contributed by atoms with van der Waals surface area (Å²) in [6, 6.07) is 2.42. The Hall–Kier alpha value is -1.69. The van der Waals surface area contributed by atoms with Crippen LogP contribution in [-0.2, 0) is 11.2 Å². The minimum atomic E-state index is -0.754. The van der Waals surface area contributed by atoms with Crippen molar-refractivity contribution < 1.29 is 9.90 Å². The van der Waals surface area contributed by atoms with E-state index in [1.807, 2.05) is 0 Å². The predicted octanol–water partition coefficient (Wildman–Crippen LogP) is 3.33. The van der Waals surface area contributed by atoms with E-state index in [0.29, 0.717) is 13.0 Å². The Morgan fingerprint density at radius 1 is 1.43 bits per heavy atom. The van der Waals surface area contributed by atoms with Gasteiger partial charge in [0.05, 0.1) is 5.39 Å². The Balaban J connectivity index is 2.31. The number of carbonyl (C=O) groups is 1. The quantitative estimate of drug-likeness (QED) is 0.850. The Kier molecular flexibility index (Phi) is 5.12. The number of hydrogen-bond donors (Lipinski definition) is 1. The van der Waals surface area contributed by atoms with E-state index in [1.54, 1.807) is 17.7 Å². The summed E-state index contributed by atoms with van der Waals surface area (Å²) in [4.78, 5) is 24.0. The molecule has 1 N–H and O–H groups in total. The van der Waals surface area contributed by atoms with Gasteiger partial charge in [-0.2, -0.15) is 0 Å². The molecular formula is C15H21N3O2S. The number of aryl methyl sites for hydroxylation is 1. The second kappa shape index (κ2) is 6.85. The van der Waals surface area contributed by atoms with Crippen LogP contribution in [0.1, 0.15) is 38.5 Å². The lowest BCUT2D eigenvalue weighted by molar-refractivity contribution is -0.137. The molecule has 2 rings (SSSR count). The van der Waals surface area contributed by atoms with Crippen molar-refractivity contribution in [3.8, 4) is 0 Å². The average molecular weight is 307 g/mol. The molecule has 21 heavy (non-hydrogen) atoms. The molecule has 0 unspecified atom stereocenters. The number of rotatable bonds is 7. The first-order valence-electron chi connectivity index (χ1n) is 7.24. The van der Waals surface area contributed by atoms with Crippen LogP contribution in [0.4, 0.5) is 5.82 Å². The van der Waals surface area contributed by atoms with Gasteiger partial charge in [-0.1, -0.05) is 6.92 Å². The van der Waals surface area contributed by atoms with Crippen LogP contribution in [0.15, 0.2) is 12.4 Å². The van der Waals surface area contributed by atoms with Gasteiger partial charge in [0.15, 0.2) is 0 Å². The van der Waals surface area contributed by atoms with Gasteiger partial charge in [0.2, 0.25) is 0 Å². The van der Waals surface area contributed by atoms with Gasteiger partial charge in [-0.25, -0.2) is 9.97 Å². The molecule has 0 saturated carbocycles. The molecule has 0 saturated heterocycles. The standard InChI is InChI=1S/C15H21N3O2S/c1-4-11-8-12-14(16-9-17-15(12)21-11)18(10(2)3)7-5-6-13(19)20/h8-10H,4-7H2,1-3H3,(H,19,20). The summed E-state index contributed by atoms with van der Waals surface area (Å²) in [5.41, 5.74) is 0. The minimum Gasteiger partial charge on any atom is -0.481 e. The average Bonchev–Trinajstić information content (AvgIpc) is 2.86. The molecule has 114 valence electrons. The first-order chi connectivity index (χ1) is 10.0. The van der Waals surface area contributed by atoms with Crippen LogP contribution < -0.4 is 4.90 Å². The molecular weight excluding hydrogens is 286 g/mol. The normalized spacial score (nSPS) is 11.2. The smallest absolute Gasteiger partial charge is 0.303 e. The molecule has 0 spiro atoms. The van der Waals surface area contributed by atoms with E-state index in [0.717, 1.165) is 22.5 Å². The van der Waals surface area contributed by atoms with Gasteiger partial charge in [-0.3, -0.25) is 4.79 Å². The minimum absolute atomic E-state index is 0.182. The van der Waals surface area contributed by atoms with Crippen molar-refractivity contribution in [3.63, 3.8) is 0 Å². The van der Waals surface area contributed by atoms with Gasteiger partial charge in [0.1, 0.15) is 17.0 Å². The van der Waals surface area contributed by atoms with Gasteiger partial charge in [0.25, 0.3) is 0 Å². The molecule has 5 nitrogen and oxygen atoms in total. The highest BCUT2D eigenvalue weighted by molar-refractivity contribution is 7.18. The third-order valence-corrected chi connectivity index (χ3v) is 4.58. The zero-order valence-electron chi connectivity index (χ0n) is 12.7. The molecule has 0 aliphatic rings. The SMILES string of the molecule is CCc1cc2c(N(CCCC(=O)O)C(C)C)ncnc2s1. The second-order valence-corrected chi connectivity index (χ2v) is 6.38. The van der Waals surface area contributed by atoms with Crippen LogP contribution >= 0.6 is 11.3 Å². The summed E-state index contributed by atoms with van der Waals surface area (Å²) < 4.78 is 0. The largest absolute Gasteiger partial charge is 0.481 e. The maximum atomic E-state index is 10.7.